The molecule has 0 bridgehead atoms. The van der Waals surface area contributed by atoms with Crippen molar-refractivity contribution >= 4 is 11.9 Å². The van der Waals surface area contributed by atoms with E-state index in [0.29, 0.717) is 12.2 Å². The Morgan fingerprint density at radius 2 is 2.06 bits per heavy atom. The van der Waals surface area contributed by atoms with E-state index in [2.05, 4.69) is 5.32 Å². The zero-order valence-electron chi connectivity index (χ0n) is 10.2. The van der Waals surface area contributed by atoms with Crippen molar-refractivity contribution in [1.29, 1.82) is 0 Å². The highest BCUT2D eigenvalue weighted by molar-refractivity contribution is 5.82. The highest BCUT2D eigenvalue weighted by Crippen LogP contribution is 2.13. The van der Waals surface area contributed by atoms with Gasteiger partial charge in [0.2, 0.25) is 5.91 Å². The van der Waals surface area contributed by atoms with Crippen molar-refractivity contribution in [3.8, 4) is 5.75 Å². The summed E-state index contributed by atoms with van der Waals surface area (Å²) in [5.74, 6) is -0.107. The summed E-state index contributed by atoms with van der Waals surface area (Å²) in [4.78, 5) is 22.3. The molecule has 1 aromatic carbocycles. The summed E-state index contributed by atoms with van der Waals surface area (Å²) in [5.41, 5.74) is 1.10. The number of nitrogens with one attached hydrogen (secondary N) is 1. The molecule has 0 heterocycles. The second-order valence-electron chi connectivity index (χ2n) is 3.61. The maximum absolute atomic E-state index is 11.4. The monoisotopic (exact) mass is 235 g/mol. The van der Waals surface area contributed by atoms with E-state index < -0.39 is 5.97 Å². The first kappa shape index (κ1) is 13.2. The Labute approximate surface area is 101 Å². The number of benzene rings is 1. The fourth-order valence-electron chi connectivity index (χ4n) is 1.29. The van der Waals surface area contributed by atoms with Crippen LogP contribution in [-0.4, -0.2) is 18.4 Å². The van der Waals surface area contributed by atoms with Crippen LogP contribution >= 0.6 is 0 Å². The highest BCUT2D eigenvalue weighted by atomic mass is 16.5. The van der Waals surface area contributed by atoms with Crippen molar-refractivity contribution in [1.82, 2.24) is 5.32 Å². The van der Waals surface area contributed by atoms with Crippen molar-refractivity contribution < 1.29 is 14.3 Å². The van der Waals surface area contributed by atoms with Crippen LogP contribution in [0.25, 0.3) is 0 Å². The van der Waals surface area contributed by atoms with Gasteiger partial charge in [-0.2, -0.15) is 0 Å². The van der Waals surface area contributed by atoms with Crippen LogP contribution in [0.5, 0.6) is 5.75 Å². The summed E-state index contributed by atoms with van der Waals surface area (Å²) < 4.78 is 5.10. The first-order chi connectivity index (χ1) is 8.15. The summed E-state index contributed by atoms with van der Waals surface area (Å²) in [6.07, 6.45) is 1.25. The Morgan fingerprint density at radius 3 is 2.71 bits per heavy atom. The number of aryl methyl sites for hydroxylation is 1. The van der Waals surface area contributed by atoms with Gasteiger partial charge in [-0.3, -0.25) is 4.79 Å². The molecule has 0 saturated heterocycles. The van der Waals surface area contributed by atoms with E-state index >= 15 is 0 Å². The number of ether oxygens (including phenoxy) is 1. The summed E-state index contributed by atoms with van der Waals surface area (Å²) in [6.45, 7) is 3.66. The fraction of sp³-hybridized carbons (Fsp3) is 0.385. The van der Waals surface area contributed by atoms with Gasteiger partial charge in [-0.05, 0) is 24.1 Å². The molecule has 0 aromatic heterocycles. The maximum atomic E-state index is 11.4. The molecule has 0 unspecified atom stereocenters. The van der Waals surface area contributed by atoms with Gasteiger partial charge < -0.3 is 10.1 Å². The Kier molecular flexibility index (Phi) is 5.20. The predicted octanol–water partition coefficient (Wildman–Crippen LogP) is 1.68. The average molecular weight is 235 g/mol. The van der Waals surface area contributed by atoms with Gasteiger partial charge >= 0.3 is 5.97 Å². The van der Waals surface area contributed by atoms with Crippen LogP contribution in [0.2, 0.25) is 0 Å². The molecule has 0 aliphatic carbocycles. The molecule has 0 aliphatic heterocycles. The molecule has 1 N–H and O–H groups in total. The van der Waals surface area contributed by atoms with Crippen LogP contribution in [0.4, 0.5) is 0 Å². The van der Waals surface area contributed by atoms with Crippen molar-refractivity contribution in [3.63, 3.8) is 0 Å². The SMILES string of the molecule is CCC(=O)NCC(=O)Oc1cccc(CC)c1. The quantitative estimate of drug-likeness (QED) is 0.624. The van der Waals surface area contributed by atoms with Gasteiger partial charge in [0.15, 0.2) is 0 Å². The van der Waals surface area contributed by atoms with Gasteiger partial charge in [0.25, 0.3) is 0 Å². The molecule has 17 heavy (non-hydrogen) atoms. The summed E-state index contributed by atoms with van der Waals surface area (Å²) >= 11 is 0. The lowest BCUT2D eigenvalue weighted by atomic mass is 10.2. The second kappa shape index (κ2) is 6.68. The maximum Gasteiger partial charge on any atom is 0.330 e. The third-order valence-corrected chi connectivity index (χ3v) is 2.29. The van der Waals surface area contributed by atoms with Gasteiger partial charge in [0, 0.05) is 6.42 Å². The molecular weight excluding hydrogens is 218 g/mol. The summed E-state index contributed by atoms with van der Waals surface area (Å²) in [5, 5.41) is 2.47. The highest BCUT2D eigenvalue weighted by Gasteiger charge is 2.06. The molecule has 1 amide bonds. The van der Waals surface area contributed by atoms with E-state index in [1.165, 1.54) is 0 Å². The molecule has 4 heteroatoms. The van der Waals surface area contributed by atoms with Gasteiger partial charge in [0.05, 0.1) is 0 Å². The van der Waals surface area contributed by atoms with Crippen molar-refractivity contribution in [2.24, 2.45) is 0 Å². The molecule has 4 nitrogen and oxygen atoms in total. The van der Waals surface area contributed by atoms with Crippen LogP contribution in [0.3, 0.4) is 0 Å². The molecule has 1 aromatic rings. The standard InChI is InChI=1S/C13H17NO3/c1-3-10-6-5-7-11(8-10)17-13(16)9-14-12(15)4-2/h5-8H,3-4,9H2,1-2H3,(H,14,15). The Morgan fingerprint density at radius 1 is 1.29 bits per heavy atom. The van der Waals surface area contributed by atoms with Crippen LogP contribution in [0.15, 0.2) is 24.3 Å². The van der Waals surface area contributed by atoms with E-state index in [1.54, 1.807) is 13.0 Å². The minimum Gasteiger partial charge on any atom is -0.425 e. The van der Waals surface area contributed by atoms with E-state index in [4.69, 9.17) is 4.74 Å². The first-order valence-corrected chi connectivity index (χ1v) is 5.72. The number of esters is 1. The van der Waals surface area contributed by atoms with E-state index in [-0.39, 0.29) is 12.5 Å². The molecule has 0 atom stereocenters. The molecule has 0 spiro atoms. The minimum absolute atomic E-state index is 0.0942. The van der Waals surface area contributed by atoms with E-state index in [9.17, 15) is 9.59 Å². The Hall–Kier alpha value is -1.84. The lowest BCUT2D eigenvalue weighted by Crippen LogP contribution is -2.31. The normalized spacial score (nSPS) is 9.76. The van der Waals surface area contributed by atoms with E-state index in [0.717, 1.165) is 12.0 Å². The zero-order chi connectivity index (χ0) is 12.7. The second-order valence-corrected chi connectivity index (χ2v) is 3.61. The fourth-order valence-corrected chi connectivity index (χ4v) is 1.29. The number of amides is 1. The van der Waals surface area contributed by atoms with Crippen LogP contribution in [-0.2, 0) is 16.0 Å². The first-order valence-electron chi connectivity index (χ1n) is 5.72. The molecular formula is C13H17NO3. The molecule has 0 saturated carbocycles. The van der Waals surface area contributed by atoms with Crippen LogP contribution in [0, 0.1) is 0 Å². The summed E-state index contributed by atoms with van der Waals surface area (Å²) in [7, 11) is 0. The number of carbonyl (C=O) groups excluding carboxylic acids is 2. The smallest absolute Gasteiger partial charge is 0.330 e. The Bertz CT molecular complexity index is 401. The molecule has 0 fully saturated rings. The average Bonchev–Trinajstić information content (AvgIpc) is 2.36. The number of carbonyl (C=O) groups is 2. The number of hydrogen-bond acceptors (Lipinski definition) is 3. The number of rotatable bonds is 5. The van der Waals surface area contributed by atoms with Crippen molar-refractivity contribution in [2.75, 3.05) is 6.54 Å². The molecule has 0 aliphatic rings. The topological polar surface area (TPSA) is 55.4 Å². The van der Waals surface area contributed by atoms with Gasteiger partial charge in [0.1, 0.15) is 12.3 Å². The molecule has 92 valence electrons. The van der Waals surface area contributed by atoms with Crippen molar-refractivity contribution in [2.45, 2.75) is 26.7 Å². The van der Waals surface area contributed by atoms with Gasteiger partial charge in [-0.15, -0.1) is 0 Å². The minimum atomic E-state index is -0.458. The van der Waals surface area contributed by atoms with Crippen LogP contribution < -0.4 is 10.1 Å². The third-order valence-electron chi connectivity index (χ3n) is 2.29. The predicted molar refractivity (Wildman–Crippen MR) is 64.8 cm³/mol. The van der Waals surface area contributed by atoms with Crippen molar-refractivity contribution in [3.05, 3.63) is 29.8 Å². The Balaban J connectivity index is 2.47. The largest absolute Gasteiger partial charge is 0.425 e. The van der Waals surface area contributed by atoms with E-state index in [1.807, 2.05) is 25.1 Å². The molecule has 0 radical (unpaired) electrons. The zero-order valence-corrected chi connectivity index (χ0v) is 10.2. The van der Waals surface area contributed by atoms with Gasteiger partial charge in [-0.1, -0.05) is 26.0 Å². The number of hydrogen-bond donors (Lipinski definition) is 1. The third kappa shape index (κ3) is 4.68. The lowest BCUT2D eigenvalue weighted by Gasteiger charge is -2.06. The molecule has 1 rings (SSSR count). The van der Waals surface area contributed by atoms with Gasteiger partial charge in [-0.25, -0.2) is 4.79 Å². The van der Waals surface area contributed by atoms with Crippen LogP contribution in [0.1, 0.15) is 25.8 Å². The summed E-state index contributed by atoms with van der Waals surface area (Å²) in [6, 6.07) is 7.35. The lowest BCUT2D eigenvalue weighted by molar-refractivity contribution is -0.135.